The molecule has 0 bridgehead atoms. The Morgan fingerprint density at radius 3 is 2.48 bits per heavy atom. The Morgan fingerprint density at radius 1 is 1.35 bits per heavy atom. The van der Waals surface area contributed by atoms with Gasteiger partial charge in [-0.1, -0.05) is 11.6 Å². The van der Waals surface area contributed by atoms with E-state index in [9.17, 15) is 30.8 Å². The second-order valence-corrected chi connectivity index (χ2v) is 6.11. The lowest BCUT2D eigenvalue weighted by molar-refractivity contribution is -0.0448. The van der Waals surface area contributed by atoms with Gasteiger partial charge in [-0.15, -0.1) is 0 Å². The number of benzene rings is 1. The van der Waals surface area contributed by atoms with Crippen molar-refractivity contribution in [1.29, 1.82) is 0 Å². The molecule has 1 aromatic rings. The summed E-state index contributed by atoms with van der Waals surface area (Å²) in [6.45, 7) is -1.38. The van der Waals surface area contributed by atoms with Crippen LogP contribution >= 0.6 is 11.6 Å². The van der Waals surface area contributed by atoms with E-state index in [4.69, 9.17) is 16.3 Å². The molecular formula is C11H10ClF4NO5S. The molecule has 1 aromatic carbocycles. The average Bonchev–Trinajstić information content (AvgIpc) is 2.43. The van der Waals surface area contributed by atoms with Crippen molar-refractivity contribution < 1.29 is 40.2 Å². The highest BCUT2D eigenvalue weighted by molar-refractivity contribution is 7.90. The van der Waals surface area contributed by atoms with E-state index >= 15 is 0 Å². The maximum absolute atomic E-state index is 13.6. The van der Waals surface area contributed by atoms with Gasteiger partial charge in [0.2, 0.25) is 0 Å². The monoisotopic (exact) mass is 379 g/mol. The smallest absolute Gasteiger partial charge is 0.489 e. The predicted octanol–water partition coefficient (Wildman–Crippen LogP) is 2.08. The van der Waals surface area contributed by atoms with E-state index in [-0.39, 0.29) is 10.6 Å². The van der Waals surface area contributed by atoms with Crippen molar-refractivity contribution in [1.82, 2.24) is 4.72 Å². The van der Waals surface area contributed by atoms with Crippen LogP contribution in [0.2, 0.25) is 5.02 Å². The van der Waals surface area contributed by atoms with Gasteiger partial charge < -0.3 is 9.47 Å². The van der Waals surface area contributed by atoms with Gasteiger partial charge in [0.15, 0.2) is 11.6 Å². The predicted molar refractivity (Wildman–Crippen MR) is 71.2 cm³/mol. The number of methoxy groups -OCH3 is 1. The number of alkyl halides is 3. The highest BCUT2D eigenvalue weighted by Gasteiger charge is 2.45. The summed E-state index contributed by atoms with van der Waals surface area (Å²) in [5.41, 5.74) is -5.68. The highest BCUT2D eigenvalue weighted by atomic mass is 35.5. The van der Waals surface area contributed by atoms with Crippen molar-refractivity contribution in [2.24, 2.45) is 0 Å². The van der Waals surface area contributed by atoms with Crippen LogP contribution in [0.3, 0.4) is 0 Å². The lowest BCUT2D eigenvalue weighted by Crippen LogP contribution is -2.38. The minimum Gasteiger partial charge on any atom is -0.489 e. The molecule has 0 saturated carbocycles. The van der Waals surface area contributed by atoms with Crippen molar-refractivity contribution in [3.8, 4) is 5.75 Å². The molecule has 0 aliphatic heterocycles. The summed E-state index contributed by atoms with van der Waals surface area (Å²) in [6.07, 6.45) is 0. The number of hydrogen-bond acceptors (Lipinski definition) is 5. The third kappa shape index (κ3) is 4.94. The Labute approximate surface area is 133 Å². The first kappa shape index (κ1) is 19.5. The summed E-state index contributed by atoms with van der Waals surface area (Å²) < 4.78 is 81.6. The lowest BCUT2D eigenvalue weighted by atomic mass is 10.2. The minimum absolute atomic E-state index is 0.221. The van der Waals surface area contributed by atoms with Gasteiger partial charge in [-0.3, -0.25) is 0 Å². The second-order valence-electron chi connectivity index (χ2n) is 3.95. The summed E-state index contributed by atoms with van der Waals surface area (Å²) >= 11 is 5.63. The van der Waals surface area contributed by atoms with Crippen molar-refractivity contribution in [3.63, 3.8) is 0 Å². The number of esters is 1. The molecule has 1 N–H and O–H groups in total. The largest absolute Gasteiger partial charge is 0.511 e. The van der Waals surface area contributed by atoms with E-state index in [0.29, 0.717) is 0 Å². The van der Waals surface area contributed by atoms with Crippen molar-refractivity contribution in [3.05, 3.63) is 28.5 Å². The molecule has 23 heavy (non-hydrogen) atoms. The molecular weight excluding hydrogens is 370 g/mol. The minimum atomic E-state index is -5.51. The molecule has 0 fully saturated rings. The first-order valence-corrected chi connectivity index (χ1v) is 7.62. The third-order valence-corrected chi connectivity index (χ3v) is 3.89. The molecule has 0 unspecified atom stereocenters. The van der Waals surface area contributed by atoms with Gasteiger partial charge in [-0.25, -0.2) is 22.3 Å². The van der Waals surface area contributed by atoms with Crippen LogP contribution in [0.1, 0.15) is 10.4 Å². The molecule has 0 radical (unpaired) electrons. The zero-order valence-electron chi connectivity index (χ0n) is 11.4. The Kier molecular flexibility index (Phi) is 6.19. The highest BCUT2D eigenvalue weighted by Crippen LogP contribution is 2.26. The van der Waals surface area contributed by atoms with Crippen molar-refractivity contribution in [2.75, 3.05) is 20.3 Å². The van der Waals surface area contributed by atoms with E-state index in [1.54, 1.807) is 0 Å². The van der Waals surface area contributed by atoms with Crippen LogP contribution in [0.25, 0.3) is 0 Å². The molecule has 0 spiro atoms. The van der Waals surface area contributed by atoms with E-state index in [0.717, 1.165) is 19.2 Å². The third-order valence-electron chi connectivity index (χ3n) is 2.38. The molecule has 0 heterocycles. The van der Waals surface area contributed by atoms with Gasteiger partial charge in [0.05, 0.1) is 17.7 Å². The molecule has 12 heteroatoms. The Balaban J connectivity index is 2.74. The standard InChI is InChI=1S/C11H10ClF4NO5S/c1-21-10(18)6-4-9(8(13)5-7(6)12)22-3-2-17-23(19,20)11(14,15)16/h4-5,17H,2-3H2,1H3. The molecule has 0 amide bonds. The van der Waals surface area contributed by atoms with Crippen molar-refractivity contribution in [2.45, 2.75) is 5.51 Å². The average molecular weight is 380 g/mol. The molecule has 0 saturated heterocycles. The zero-order chi connectivity index (χ0) is 17.8. The Bertz CT molecular complexity index is 692. The van der Waals surface area contributed by atoms with Gasteiger partial charge in [-0.2, -0.15) is 13.2 Å². The molecule has 0 aliphatic rings. The van der Waals surface area contributed by atoms with Gasteiger partial charge in [0, 0.05) is 6.54 Å². The van der Waals surface area contributed by atoms with Crippen LogP contribution in [0.5, 0.6) is 5.75 Å². The number of nitrogens with one attached hydrogen (secondary N) is 1. The maximum atomic E-state index is 13.6. The topological polar surface area (TPSA) is 81.7 Å². The molecule has 130 valence electrons. The number of halogens is 5. The van der Waals surface area contributed by atoms with Crippen LogP contribution in [0.15, 0.2) is 12.1 Å². The van der Waals surface area contributed by atoms with Crippen LogP contribution < -0.4 is 9.46 Å². The SMILES string of the molecule is COC(=O)c1cc(OCCNS(=O)(=O)C(F)(F)F)c(F)cc1Cl. The molecule has 0 aromatic heterocycles. The summed E-state index contributed by atoms with van der Waals surface area (Å²) in [5, 5.41) is -0.250. The van der Waals surface area contributed by atoms with Crippen LogP contribution in [-0.4, -0.2) is 40.2 Å². The zero-order valence-corrected chi connectivity index (χ0v) is 13.0. The van der Waals surface area contributed by atoms with Gasteiger partial charge in [0.25, 0.3) is 0 Å². The van der Waals surface area contributed by atoms with Crippen LogP contribution in [-0.2, 0) is 14.8 Å². The van der Waals surface area contributed by atoms with Gasteiger partial charge in [0.1, 0.15) is 6.61 Å². The number of sulfonamides is 1. The number of carbonyl (C=O) groups is 1. The summed E-state index contributed by atoms with van der Waals surface area (Å²) in [5.74, 6) is -2.36. The normalized spacial score (nSPS) is 12.1. The molecule has 1 rings (SSSR count). The fourth-order valence-corrected chi connectivity index (χ4v) is 2.07. The fraction of sp³-hybridized carbons (Fsp3) is 0.364. The first-order chi connectivity index (χ1) is 10.5. The summed E-state index contributed by atoms with van der Waals surface area (Å²) in [7, 11) is -4.45. The molecule has 6 nitrogen and oxygen atoms in total. The Morgan fingerprint density at radius 2 is 1.96 bits per heavy atom. The number of carbonyl (C=O) groups excluding carboxylic acids is 1. The van der Waals surface area contributed by atoms with Crippen LogP contribution in [0.4, 0.5) is 17.6 Å². The van der Waals surface area contributed by atoms with Gasteiger partial charge >= 0.3 is 21.5 Å². The van der Waals surface area contributed by atoms with Gasteiger partial charge in [-0.05, 0) is 12.1 Å². The number of hydrogen-bond donors (Lipinski definition) is 1. The summed E-state index contributed by atoms with van der Waals surface area (Å²) in [6, 6.07) is 1.64. The quantitative estimate of drug-likeness (QED) is 0.465. The van der Waals surface area contributed by atoms with Crippen LogP contribution in [0, 0.1) is 5.82 Å². The van der Waals surface area contributed by atoms with E-state index < -0.39 is 46.2 Å². The molecule has 0 atom stereocenters. The maximum Gasteiger partial charge on any atom is 0.511 e. The lowest BCUT2D eigenvalue weighted by Gasteiger charge is -2.12. The summed E-state index contributed by atoms with van der Waals surface area (Å²) in [4.78, 5) is 11.4. The molecule has 0 aliphatic carbocycles. The number of rotatable bonds is 6. The number of ether oxygens (including phenoxy) is 2. The second kappa shape index (κ2) is 7.32. The Hall–Kier alpha value is -1.59. The van der Waals surface area contributed by atoms with E-state index in [2.05, 4.69) is 4.74 Å². The van der Waals surface area contributed by atoms with E-state index in [1.165, 1.54) is 4.72 Å². The van der Waals surface area contributed by atoms with Crippen molar-refractivity contribution >= 4 is 27.6 Å². The first-order valence-electron chi connectivity index (χ1n) is 5.75. The fourth-order valence-electron chi connectivity index (χ4n) is 1.32. The van der Waals surface area contributed by atoms with E-state index in [1.807, 2.05) is 0 Å².